The molecule has 0 heterocycles. The summed E-state index contributed by atoms with van der Waals surface area (Å²) in [5.41, 5.74) is 7.67. The second kappa shape index (κ2) is 7.02. The number of nitrogens with two attached hydrogens (primary N) is 1. The number of carbonyl (C=O) groups excluding carboxylic acids is 1. The number of fused-ring (bicyclic) bond motifs is 1. The Kier molecular flexibility index (Phi) is 5.09. The van der Waals surface area contributed by atoms with E-state index in [0.29, 0.717) is 18.1 Å². The van der Waals surface area contributed by atoms with Gasteiger partial charge in [0.2, 0.25) is 0 Å². The molecule has 5 heteroatoms. The number of hydrogen-bond acceptors (Lipinski definition) is 5. The zero-order valence-corrected chi connectivity index (χ0v) is 15.9. The van der Waals surface area contributed by atoms with Crippen molar-refractivity contribution in [3.8, 4) is 6.07 Å². The van der Waals surface area contributed by atoms with Crippen molar-refractivity contribution in [1.29, 1.82) is 5.26 Å². The molecule has 2 aliphatic carbocycles. The lowest BCUT2D eigenvalue weighted by atomic mass is 9.58. The van der Waals surface area contributed by atoms with Crippen molar-refractivity contribution in [2.75, 3.05) is 13.7 Å². The van der Waals surface area contributed by atoms with E-state index in [4.69, 9.17) is 15.2 Å². The van der Waals surface area contributed by atoms with Gasteiger partial charge < -0.3 is 15.2 Å². The Balaban J connectivity index is 2.11. The fourth-order valence-electron chi connectivity index (χ4n) is 5.15. The van der Waals surface area contributed by atoms with Crippen LogP contribution in [0.15, 0.2) is 18.2 Å². The molecule has 0 saturated heterocycles. The van der Waals surface area contributed by atoms with E-state index in [9.17, 15) is 10.1 Å². The molecule has 0 aromatic heterocycles. The van der Waals surface area contributed by atoms with Gasteiger partial charge in [-0.2, -0.15) is 5.26 Å². The third-order valence-corrected chi connectivity index (χ3v) is 6.54. The minimum atomic E-state index is -1.21. The Bertz CT molecular complexity index is 741. The molecule has 0 amide bonds. The van der Waals surface area contributed by atoms with Crippen LogP contribution in [0, 0.1) is 22.7 Å². The van der Waals surface area contributed by atoms with Crippen molar-refractivity contribution in [1.82, 2.24) is 0 Å². The molecule has 140 valence electrons. The fraction of sp³-hybridized carbons (Fsp3) is 0.619. The van der Waals surface area contributed by atoms with Crippen LogP contribution in [-0.2, 0) is 26.2 Å². The number of methoxy groups -OCH3 is 1. The van der Waals surface area contributed by atoms with Gasteiger partial charge in [0, 0.05) is 12.5 Å². The number of ether oxygens (including phenoxy) is 2. The van der Waals surface area contributed by atoms with Gasteiger partial charge >= 0.3 is 5.97 Å². The fourth-order valence-corrected chi connectivity index (χ4v) is 5.15. The summed E-state index contributed by atoms with van der Waals surface area (Å²) in [7, 11) is 1.76. The standard InChI is InChI=1S/C21H28N2O3/c1-4-15-11-20(9-8-18(15)25-3)12-16-7-6-14(13-22)10-17(16)21(20,23)19(24)26-5-2/h6-7,10,15,18H,4-5,8-9,11-12,23H2,1-3H3/t15-,18-,20-,21-/m1/s1. The van der Waals surface area contributed by atoms with E-state index in [1.165, 1.54) is 0 Å². The summed E-state index contributed by atoms with van der Waals surface area (Å²) in [6.07, 6.45) is 4.46. The smallest absolute Gasteiger partial charge is 0.331 e. The highest BCUT2D eigenvalue weighted by molar-refractivity contribution is 5.86. The van der Waals surface area contributed by atoms with Crippen LogP contribution in [0.1, 0.15) is 56.2 Å². The molecule has 4 atom stereocenters. The Hall–Kier alpha value is -1.90. The summed E-state index contributed by atoms with van der Waals surface area (Å²) in [6.45, 7) is 4.25. The molecular formula is C21H28N2O3. The predicted octanol–water partition coefficient (Wildman–Crippen LogP) is 3.04. The van der Waals surface area contributed by atoms with Crippen molar-refractivity contribution in [3.05, 3.63) is 34.9 Å². The summed E-state index contributed by atoms with van der Waals surface area (Å²) in [5.74, 6) is -0.0181. The maximum atomic E-state index is 13.1. The molecule has 0 bridgehead atoms. The van der Waals surface area contributed by atoms with Crippen LogP contribution in [0.25, 0.3) is 0 Å². The van der Waals surface area contributed by atoms with Gasteiger partial charge in [0.1, 0.15) is 5.54 Å². The number of nitrogens with zero attached hydrogens (tertiary/aromatic N) is 1. The monoisotopic (exact) mass is 356 g/mol. The Morgan fingerprint density at radius 1 is 1.42 bits per heavy atom. The zero-order valence-electron chi connectivity index (χ0n) is 15.9. The second-order valence-electron chi connectivity index (χ2n) is 7.65. The molecule has 1 saturated carbocycles. The van der Waals surface area contributed by atoms with Crippen molar-refractivity contribution >= 4 is 5.97 Å². The van der Waals surface area contributed by atoms with Crippen LogP contribution in [0.3, 0.4) is 0 Å². The lowest BCUT2D eigenvalue weighted by Gasteiger charge is -2.49. The van der Waals surface area contributed by atoms with Crippen molar-refractivity contribution < 1.29 is 14.3 Å². The molecule has 1 aromatic rings. The van der Waals surface area contributed by atoms with Crippen molar-refractivity contribution in [3.63, 3.8) is 0 Å². The van der Waals surface area contributed by atoms with Gasteiger partial charge in [0.15, 0.2) is 0 Å². The third kappa shape index (κ3) is 2.64. The largest absolute Gasteiger partial charge is 0.464 e. The summed E-state index contributed by atoms with van der Waals surface area (Å²) in [6, 6.07) is 7.71. The lowest BCUT2D eigenvalue weighted by Crippen LogP contribution is -2.59. The molecule has 2 N–H and O–H groups in total. The quantitative estimate of drug-likeness (QED) is 0.838. The topological polar surface area (TPSA) is 85.3 Å². The first-order valence-electron chi connectivity index (χ1n) is 9.48. The van der Waals surface area contributed by atoms with Gasteiger partial charge in [-0.3, -0.25) is 0 Å². The first-order chi connectivity index (χ1) is 12.5. The number of esters is 1. The number of carbonyl (C=O) groups is 1. The van der Waals surface area contributed by atoms with Gasteiger partial charge in [-0.15, -0.1) is 0 Å². The zero-order chi connectivity index (χ0) is 18.9. The Morgan fingerprint density at radius 3 is 2.81 bits per heavy atom. The van der Waals surface area contributed by atoms with E-state index >= 15 is 0 Å². The molecule has 5 nitrogen and oxygen atoms in total. The SMILES string of the molecule is CCOC(=O)[C@]1(N)c2cc(C#N)ccc2C[C@]12CC[C@@H](OC)[C@H](CC)C2. The minimum Gasteiger partial charge on any atom is -0.464 e. The van der Waals surface area contributed by atoms with E-state index in [2.05, 4.69) is 13.0 Å². The lowest BCUT2D eigenvalue weighted by molar-refractivity contribution is -0.159. The number of hydrogen-bond donors (Lipinski definition) is 1. The molecular weight excluding hydrogens is 328 g/mol. The van der Waals surface area contributed by atoms with Crippen molar-refractivity contribution in [2.45, 2.75) is 57.6 Å². The van der Waals surface area contributed by atoms with Gasteiger partial charge in [0.25, 0.3) is 0 Å². The maximum absolute atomic E-state index is 13.1. The average Bonchev–Trinajstić information content (AvgIpc) is 2.90. The highest BCUT2D eigenvalue weighted by Gasteiger charge is 2.62. The molecule has 1 spiro atoms. The highest BCUT2D eigenvalue weighted by Crippen LogP contribution is 2.58. The van der Waals surface area contributed by atoms with Crippen LogP contribution in [0.5, 0.6) is 0 Å². The normalized spacial score (nSPS) is 32.9. The number of nitriles is 1. The second-order valence-corrected chi connectivity index (χ2v) is 7.65. The van der Waals surface area contributed by atoms with Crippen LogP contribution >= 0.6 is 0 Å². The van der Waals surface area contributed by atoms with E-state index in [1.54, 1.807) is 20.1 Å². The summed E-state index contributed by atoms with van der Waals surface area (Å²) < 4.78 is 11.1. The van der Waals surface area contributed by atoms with Gasteiger partial charge in [-0.05, 0) is 61.8 Å². The van der Waals surface area contributed by atoms with E-state index in [1.807, 2.05) is 12.1 Å². The molecule has 26 heavy (non-hydrogen) atoms. The van der Waals surface area contributed by atoms with Gasteiger partial charge in [-0.25, -0.2) is 4.79 Å². The first-order valence-corrected chi connectivity index (χ1v) is 9.48. The summed E-state index contributed by atoms with van der Waals surface area (Å²) in [5, 5.41) is 9.31. The molecule has 0 aliphatic heterocycles. The molecule has 0 radical (unpaired) electrons. The van der Waals surface area contributed by atoms with Gasteiger partial charge in [0.05, 0.1) is 24.3 Å². The number of rotatable bonds is 4. The van der Waals surface area contributed by atoms with Crippen LogP contribution in [0.4, 0.5) is 0 Å². The predicted molar refractivity (Wildman–Crippen MR) is 98.2 cm³/mol. The first kappa shape index (κ1) is 18.9. The molecule has 2 aliphatic rings. The van der Waals surface area contributed by atoms with Crippen LogP contribution < -0.4 is 5.73 Å². The average molecular weight is 356 g/mol. The molecule has 0 unspecified atom stereocenters. The summed E-state index contributed by atoms with van der Waals surface area (Å²) in [4.78, 5) is 13.1. The van der Waals surface area contributed by atoms with Crippen molar-refractivity contribution in [2.24, 2.45) is 17.1 Å². The van der Waals surface area contributed by atoms with Crippen LogP contribution in [0.2, 0.25) is 0 Å². The molecule has 1 aromatic carbocycles. The van der Waals surface area contributed by atoms with E-state index in [0.717, 1.165) is 43.2 Å². The minimum absolute atomic E-state index is 0.204. The van der Waals surface area contributed by atoms with Gasteiger partial charge in [-0.1, -0.05) is 19.4 Å². The third-order valence-electron chi connectivity index (χ3n) is 6.54. The maximum Gasteiger partial charge on any atom is 0.331 e. The summed E-state index contributed by atoms with van der Waals surface area (Å²) >= 11 is 0. The highest BCUT2D eigenvalue weighted by atomic mass is 16.5. The molecule has 1 fully saturated rings. The number of benzene rings is 1. The Morgan fingerprint density at radius 2 is 2.19 bits per heavy atom. The van der Waals surface area contributed by atoms with Crippen LogP contribution in [-0.4, -0.2) is 25.8 Å². The molecule has 3 rings (SSSR count). The van der Waals surface area contributed by atoms with E-state index < -0.39 is 5.54 Å². The van der Waals surface area contributed by atoms with E-state index in [-0.39, 0.29) is 17.5 Å². The Labute approximate surface area is 155 Å².